The molecule has 12 nitrogen and oxygen atoms in total. The van der Waals surface area contributed by atoms with E-state index < -0.39 is 66.1 Å². The molecule has 2 amide bonds. The van der Waals surface area contributed by atoms with Gasteiger partial charge in [-0.1, -0.05) is 12.1 Å². The van der Waals surface area contributed by atoms with Crippen molar-refractivity contribution in [2.24, 2.45) is 0 Å². The maximum Gasteiger partial charge on any atom is 0.330 e. The zero-order chi connectivity index (χ0) is 25.4. The summed E-state index contributed by atoms with van der Waals surface area (Å²) in [6.07, 6.45) is -2.08. The molecule has 1 fully saturated rings. The molecular weight excluding hydrogens is 462 g/mol. The Hall–Kier alpha value is -4.06. The Kier molecular flexibility index (Phi) is 6.39. The molecule has 12 heteroatoms. The number of hydrogen-bond acceptors (Lipinski definition) is 9. The number of aromatic nitrogens is 2. The highest BCUT2D eigenvalue weighted by atomic mass is 16.6. The molecule has 0 spiro atoms. The highest BCUT2D eigenvalue weighted by Gasteiger charge is 2.51. The molecule has 4 unspecified atom stereocenters. The summed E-state index contributed by atoms with van der Waals surface area (Å²) < 4.78 is 17.6. The van der Waals surface area contributed by atoms with Crippen molar-refractivity contribution in [2.45, 2.75) is 51.7 Å². The largest absolute Gasteiger partial charge is 0.462 e. The zero-order valence-electron chi connectivity index (χ0n) is 19.2. The number of fused-ring (bicyclic) bond motifs is 1. The van der Waals surface area contributed by atoms with Gasteiger partial charge in [-0.15, -0.1) is 0 Å². The SMILES string of the molecule is CC(=O)OCC(OC(C)=O)C1OC(n2cc(C)c(=O)[nH]c2=O)CC1N1C(=O)c2ccccc2C1=O. The second-order valence-electron chi connectivity index (χ2n) is 8.31. The molecule has 0 bridgehead atoms. The minimum atomic E-state index is -1.18. The van der Waals surface area contributed by atoms with Crippen molar-refractivity contribution in [1.82, 2.24) is 14.5 Å². The van der Waals surface area contributed by atoms with Crippen LogP contribution in [0.4, 0.5) is 0 Å². The normalized spacial score (nSPS) is 22.1. The second-order valence-corrected chi connectivity index (χ2v) is 8.31. The summed E-state index contributed by atoms with van der Waals surface area (Å²) in [7, 11) is 0. The van der Waals surface area contributed by atoms with Gasteiger partial charge in [0, 0.05) is 32.0 Å². The Bertz CT molecular complexity index is 1290. The number of nitrogens with zero attached hydrogens (tertiary/aromatic N) is 2. The molecule has 0 saturated carbocycles. The first-order valence-corrected chi connectivity index (χ1v) is 10.8. The van der Waals surface area contributed by atoms with Crippen LogP contribution in [0.2, 0.25) is 0 Å². The predicted molar refractivity (Wildman–Crippen MR) is 118 cm³/mol. The lowest BCUT2D eigenvalue weighted by molar-refractivity contribution is -0.169. The third-order valence-corrected chi connectivity index (χ3v) is 5.88. The molecule has 1 saturated heterocycles. The highest BCUT2D eigenvalue weighted by Crippen LogP contribution is 2.38. The van der Waals surface area contributed by atoms with Gasteiger partial charge < -0.3 is 14.2 Å². The summed E-state index contributed by atoms with van der Waals surface area (Å²) in [5.74, 6) is -2.47. The fourth-order valence-electron chi connectivity index (χ4n) is 4.35. The second kappa shape index (κ2) is 9.29. The predicted octanol–water partition coefficient (Wildman–Crippen LogP) is 0.292. The van der Waals surface area contributed by atoms with E-state index in [2.05, 4.69) is 4.98 Å². The van der Waals surface area contributed by atoms with Gasteiger partial charge in [0.2, 0.25) is 0 Å². The van der Waals surface area contributed by atoms with Crippen molar-refractivity contribution in [2.75, 3.05) is 6.61 Å². The Labute approximate surface area is 198 Å². The van der Waals surface area contributed by atoms with Gasteiger partial charge >= 0.3 is 17.6 Å². The fourth-order valence-corrected chi connectivity index (χ4v) is 4.35. The molecule has 184 valence electrons. The summed E-state index contributed by atoms with van der Waals surface area (Å²) in [6, 6.07) is 5.33. The van der Waals surface area contributed by atoms with Gasteiger partial charge in [-0.05, 0) is 19.1 Å². The van der Waals surface area contributed by atoms with Crippen molar-refractivity contribution < 1.29 is 33.4 Å². The summed E-state index contributed by atoms with van der Waals surface area (Å²) >= 11 is 0. The lowest BCUT2D eigenvalue weighted by Crippen LogP contribution is -2.51. The molecular formula is C23H23N3O9. The van der Waals surface area contributed by atoms with E-state index in [1.807, 2.05) is 0 Å². The lowest BCUT2D eigenvalue weighted by Gasteiger charge is -2.31. The van der Waals surface area contributed by atoms with Crippen LogP contribution in [0.15, 0.2) is 40.1 Å². The van der Waals surface area contributed by atoms with Crippen LogP contribution in [0.3, 0.4) is 0 Å². The molecule has 4 atom stereocenters. The van der Waals surface area contributed by atoms with Crippen LogP contribution in [0.5, 0.6) is 0 Å². The van der Waals surface area contributed by atoms with Crippen LogP contribution in [0, 0.1) is 6.92 Å². The number of amides is 2. The summed E-state index contributed by atoms with van der Waals surface area (Å²) in [5.41, 5.74) is -0.659. The molecule has 1 aromatic carbocycles. The van der Waals surface area contributed by atoms with E-state index >= 15 is 0 Å². The number of ether oxygens (including phenoxy) is 3. The van der Waals surface area contributed by atoms with E-state index in [-0.39, 0.29) is 23.1 Å². The Morgan fingerprint density at radius 2 is 1.71 bits per heavy atom. The summed E-state index contributed by atoms with van der Waals surface area (Å²) in [4.78, 5) is 77.2. The van der Waals surface area contributed by atoms with Gasteiger partial charge in [-0.25, -0.2) is 4.79 Å². The average molecular weight is 485 g/mol. The summed E-state index contributed by atoms with van der Waals surface area (Å²) in [5, 5.41) is 0. The van der Waals surface area contributed by atoms with Crippen LogP contribution in [0.25, 0.3) is 0 Å². The van der Waals surface area contributed by atoms with Gasteiger partial charge in [-0.3, -0.25) is 38.4 Å². The van der Waals surface area contributed by atoms with E-state index in [9.17, 15) is 28.8 Å². The Morgan fingerprint density at radius 1 is 1.09 bits per heavy atom. The smallest absolute Gasteiger partial charge is 0.330 e. The van der Waals surface area contributed by atoms with E-state index in [1.54, 1.807) is 12.1 Å². The molecule has 2 aliphatic heterocycles. The van der Waals surface area contributed by atoms with Crippen LogP contribution in [-0.2, 0) is 23.8 Å². The number of nitrogens with one attached hydrogen (secondary N) is 1. The van der Waals surface area contributed by atoms with Crippen LogP contribution in [0.1, 0.15) is 52.8 Å². The van der Waals surface area contributed by atoms with Gasteiger partial charge in [0.15, 0.2) is 6.10 Å². The van der Waals surface area contributed by atoms with Gasteiger partial charge in [0.25, 0.3) is 17.4 Å². The maximum atomic E-state index is 13.2. The first kappa shape index (κ1) is 24.1. The number of carbonyl (C=O) groups is 4. The molecule has 2 aromatic rings. The molecule has 35 heavy (non-hydrogen) atoms. The number of carbonyl (C=O) groups excluding carboxylic acids is 4. The Balaban J connectivity index is 1.76. The maximum absolute atomic E-state index is 13.2. The van der Waals surface area contributed by atoms with E-state index in [0.29, 0.717) is 0 Å². The van der Waals surface area contributed by atoms with Gasteiger partial charge in [0.1, 0.15) is 18.9 Å². The number of esters is 2. The number of aromatic amines is 1. The molecule has 3 heterocycles. The van der Waals surface area contributed by atoms with Crippen LogP contribution < -0.4 is 11.2 Å². The lowest BCUT2D eigenvalue weighted by atomic mass is 10.0. The van der Waals surface area contributed by atoms with Crippen LogP contribution >= 0.6 is 0 Å². The zero-order valence-corrected chi connectivity index (χ0v) is 19.2. The van der Waals surface area contributed by atoms with E-state index in [0.717, 1.165) is 16.4 Å². The monoisotopic (exact) mass is 485 g/mol. The average Bonchev–Trinajstić information content (AvgIpc) is 3.33. The molecule has 1 N–H and O–H groups in total. The first-order valence-electron chi connectivity index (χ1n) is 10.8. The highest BCUT2D eigenvalue weighted by molar-refractivity contribution is 6.21. The van der Waals surface area contributed by atoms with E-state index in [4.69, 9.17) is 14.2 Å². The van der Waals surface area contributed by atoms with E-state index in [1.165, 1.54) is 32.2 Å². The van der Waals surface area contributed by atoms with Crippen molar-refractivity contribution in [3.05, 3.63) is 68.0 Å². The molecule has 1 aromatic heterocycles. The molecule has 0 radical (unpaired) electrons. The molecule has 0 aliphatic carbocycles. The third kappa shape index (κ3) is 4.52. The van der Waals surface area contributed by atoms with Crippen molar-refractivity contribution in [3.8, 4) is 0 Å². The van der Waals surface area contributed by atoms with Crippen molar-refractivity contribution >= 4 is 23.8 Å². The van der Waals surface area contributed by atoms with Crippen LogP contribution in [-0.4, -0.2) is 63.1 Å². The number of rotatable bonds is 6. The standard InChI is InChI=1S/C23H23N3O9/c1-11-9-25(23(32)24-20(11)29)18-8-16(19(35-18)17(34-13(3)28)10-33-12(2)27)26-21(30)14-6-4-5-7-15(14)22(26)31/h4-7,9,16-19H,8,10H2,1-3H3,(H,24,29,32). The Morgan fingerprint density at radius 3 is 2.29 bits per heavy atom. The topological polar surface area (TPSA) is 154 Å². The number of benzene rings is 1. The fraction of sp³-hybridized carbons (Fsp3) is 0.391. The first-order chi connectivity index (χ1) is 16.6. The van der Waals surface area contributed by atoms with Crippen molar-refractivity contribution in [1.29, 1.82) is 0 Å². The van der Waals surface area contributed by atoms with Gasteiger partial charge in [-0.2, -0.15) is 0 Å². The number of H-pyrrole nitrogens is 1. The number of hydrogen-bond donors (Lipinski definition) is 1. The minimum absolute atomic E-state index is 0.0423. The summed E-state index contributed by atoms with van der Waals surface area (Å²) in [6.45, 7) is 3.43. The van der Waals surface area contributed by atoms with Crippen molar-refractivity contribution in [3.63, 3.8) is 0 Å². The molecule has 2 aliphatic rings. The van der Waals surface area contributed by atoms with Gasteiger partial charge in [0.05, 0.1) is 17.2 Å². The minimum Gasteiger partial charge on any atom is -0.462 e. The third-order valence-electron chi connectivity index (χ3n) is 5.88. The quantitative estimate of drug-likeness (QED) is 0.449. The number of aryl methyl sites for hydroxylation is 1. The number of imide groups is 1. The molecule has 4 rings (SSSR count).